The van der Waals surface area contributed by atoms with Crippen molar-refractivity contribution in [2.24, 2.45) is 5.16 Å². The molecule has 0 radical (unpaired) electrons. The zero-order chi connectivity index (χ0) is 18.3. The molecule has 9 heteroatoms. The number of oxime groups is 1. The Balaban J connectivity index is 2.22. The fourth-order valence-corrected chi connectivity index (χ4v) is 3.59. The predicted molar refractivity (Wildman–Crippen MR) is 98.2 cm³/mol. The number of thioether (sulfide) groups is 2. The van der Waals surface area contributed by atoms with Crippen molar-refractivity contribution in [3.05, 3.63) is 54.6 Å². The number of ether oxygens (including phenoxy) is 1. The third-order valence-corrected chi connectivity index (χ3v) is 5.69. The second-order valence-corrected chi connectivity index (χ2v) is 7.98. The average Bonchev–Trinajstić information content (AvgIpc) is 2.65. The first kappa shape index (κ1) is 19.4. The van der Waals surface area contributed by atoms with Crippen LogP contribution in [0.5, 0.6) is 0 Å². The first-order chi connectivity index (χ1) is 12.0. The Kier molecular flexibility index (Phi) is 6.91. The predicted octanol–water partition coefficient (Wildman–Crippen LogP) is 3.39. The molecule has 0 unspecified atom stereocenters. The van der Waals surface area contributed by atoms with Gasteiger partial charge in [-0.05, 0) is 42.7 Å². The molecule has 0 aromatic heterocycles. The maximum absolute atomic E-state index is 12.2. The number of benzene rings is 2. The molecule has 6 nitrogen and oxygen atoms in total. The van der Waals surface area contributed by atoms with Gasteiger partial charge in [-0.15, -0.1) is 11.8 Å². The number of esters is 1. The Morgan fingerprint density at radius 3 is 2.20 bits per heavy atom. The number of carbonyl (C=O) groups is 1. The third kappa shape index (κ3) is 5.52. The molecule has 25 heavy (non-hydrogen) atoms. The summed E-state index contributed by atoms with van der Waals surface area (Å²) in [6, 6.07) is 15.0. The minimum absolute atomic E-state index is 0.0528. The van der Waals surface area contributed by atoms with Gasteiger partial charge in [0, 0.05) is 9.79 Å². The highest BCUT2D eigenvalue weighted by molar-refractivity contribution is 8.15. The molecular formula is C16H15NO5S3. The summed E-state index contributed by atoms with van der Waals surface area (Å²) in [5.41, 5.74) is 0. The van der Waals surface area contributed by atoms with Gasteiger partial charge in [-0.2, -0.15) is 8.42 Å². The summed E-state index contributed by atoms with van der Waals surface area (Å²) < 4.78 is 33.7. The smallest absolute Gasteiger partial charge is 0.367 e. The molecule has 0 heterocycles. The normalized spacial score (nSPS) is 11.8. The van der Waals surface area contributed by atoms with Gasteiger partial charge in [0.25, 0.3) is 0 Å². The minimum atomic E-state index is -4.13. The first-order valence-corrected chi connectivity index (χ1v) is 10.4. The molecule has 0 amide bonds. The molecule has 0 spiro atoms. The number of hydrogen-bond donors (Lipinski definition) is 0. The van der Waals surface area contributed by atoms with Crippen molar-refractivity contribution in [1.29, 1.82) is 0 Å². The molecule has 0 aliphatic carbocycles. The Bertz CT molecular complexity index is 849. The molecule has 0 saturated carbocycles. The number of hydrogen-bond acceptors (Lipinski definition) is 8. The van der Waals surface area contributed by atoms with E-state index in [1.165, 1.54) is 31.0 Å². The molecule has 0 aliphatic heterocycles. The van der Waals surface area contributed by atoms with Crippen molar-refractivity contribution in [2.75, 3.05) is 13.4 Å². The van der Waals surface area contributed by atoms with Crippen LogP contribution in [0.25, 0.3) is 0 Å². The summed E-state index contributed by atoms with van der Waals surface area (Å²) in [7, 11) is -2.95. The third-order valence-electron chi connectivity index (χ3n) is 2.88. The van der Waals surface area contributed by atoms with Crippen LogP contribution in [0.3, 0.4) is 0 Å². The molecule has 2 aromatic carbocycles. The summed E-state index contributed by atoms with van der Waals surface area (Å²) in [5, 5.41) is 3.27. The van der Waals surface area contributed by atoms with Gasteiger partial charge in [0.1, 0.15) is 4.90 Å². The van der Waals surface area contributed by atoms with Crippen LogP contribution in [-0.2, 0) is 23.9 Å². The molecule has 2 aromatic rings. The Morgan fingerprint density at radius 2 is 1.64 bits per heavy atom. The Labute approximate surface area is 154 Å². The zero-order valence-electron chi connectivity index (χ0n) is 13.4. The maximum Gasteiger partial charge on any atom is 0.367 e. The van der Waals surface area contributed by atoms with Crippen LogP contribution < -0.4 is 0 Å². The fourth-order valence-electron chi connectivity index (χ4n) is 1.65. The molecule has 0 aliphatic rings. The van der Waals surface area contributed by atoms with Crippen LogP contribution in [0.2, 0.25) is 0 Å². The first-order valence-electron chi connectivity index (χ1n) is 6.93. The van der Waals surface area contributed by atoms with Crippen LogP contribution in [0, 0.1) is 0 Å². The topological polar surface area (TPSA) is 82.0 Å². The standard InChI is InChI=1S/C16H15NO5S3/c1-21-16(18)15(24-13-6-4-3-5-7-13)17-22-25(19,20)14-10-8-12(23-2)9-11-14/h3-11H,1-2H3/b17-15-. The van der Waals surface area contributed by atoms with Crippen LogP contribution in [-0.4, -0.2) is 32.8 Å². The average molecular weight is 397 g/mol. The Hall–Kier alpha value is -1.97. The van der Waals surface area contributed by atoms with Crippen molar-refractivity contribution in [3.63, 3.8) is 0 Å². The second-order valence-electron chi connectivity index (χ2n) is 4.51. The van der Waals surface area contributed by atoms with Crippen molar-refractivity contribution in [1.82, 2.24) is 0 Å². The summed E-state index contributed by atoms with van der Waals surface area (Å²) in [6.07, 6.45) is 1.88. The lowest BCUT2D eigenvalue weighted by molar-refractivity contribution is -0.132. The molecule has 2 rings (SSSR count). The maximum atomic E-state index is 12.2. The van der Waals surface area contributed by atoms with E-state index in [9.17, 15) is 13.2 Å². The van der Waals surface area contributed by atoms with Gasteiger partial charge < -0.3 is 4.74 Å². The van der Waals surface area contributed by atoms with E-state index >= 15 is 0 Å². The number of methoxy groups -OCH3 is 1. The van der Waals surface area contributed by atoms with Crippen LogP contribution in [0.4, 0.5) is 0 Å². The number of carbonyl (C=O) groups excluding carboxylic acids is 1. The minimum Gasteiger partial charge on any atom is -0.464 e. The van der Waals surface area contributed by atoms with Gasteiger partial charge in [0.2, 0.25) is 5.04 Å². The van der Waals surface area contributed by atoms with E-state index in [-0.39, 0.29) is 9.94 Å². The molecule has 0 saturated heterocycles. The van der Waals surface area contributed by atoms with Crippen molar-refractivity contribution in [2.45, 2.75) is 14.7 Å². The van der Waals surface area contributed by atoms with E-state index in [0.29, 0.717) is 4.90 Å². The van der Waals surface area contributed by atoms with Crippen molar-refractivity contribution >= 4 is 44.7 Å². The lowest BCUT2D eigenvalue weighted by Gasteiger charge is -2.05. The summed E-state index contributed by atoms with van der Waals surface area (Å²) >= 11 is 2.43. The highest BCUT2D eigenvalue weighted by Crippen LogP contribution is 2.22. The second kappa shape index (κ2) is 8.93. The number of rotatable bonds is 5. The molecular weight excluding hydrogens is 382 g/mol. The van der Waals surface area contributed by atoms with Gasteiger partial charge >= 0.3 is 16.1 Å². The van der Waals surface area contributed by atoms with Crippen LogP contribution in [0.1, 0.15) is 0 Å². The summed E-state index contributed by atoms with van der Waals surface area (Å²) in [4.78, 5) is 13.4. The fraction of sp³-hybridized carbons (Fsp3) is 0.125. The monoisotopic (exact) mass is 397 g/mol. The molecule has 132 valence electrons. The van der Waals surface area contributed by atoms with Crippen LogP contribution in [0.15, 0.2) is 74.4 Å². The molecule has 0 atom stereocenters. The van der Waals surface area contributed by atoms with Gasteiger partial charge in [-0.1, -0.05) is 35.1 Å². The number of nitrogens with zero attached hydrogens (tertiary/aromatic N) is 1. The quantitative estimate of drug-likeness (QED) is 0.251. The summed E-state index contributed by atoms with van der Waals surface area (Å²) in [6.45, 7) is 0. The lowest BCUT2D eigenvalue weighted by atomic mass is 10.4. The Morgan fingerprint density at radius 1 is 1.00 bits per heavy atom. The van der Waals surface area contributed by atoms with E-state index in [1.54, 1.807) is 36.4 Å². The van der Waals surface area contributed by atoms with Crippen molar-refractivity contribution in [3.8, 4) is 0 Å². The highest BCUT2D eigenvalue weighted by Gasteiger charge is 2.20. The van der Waals surface area contributed by atoms with Crippen molar-refractivity contribution < 1.29 is 22.2 Å². The van der Waals surface area contributed by atoms with Gasteiger partial charge in [0.05, 0.1) is 7.11 Å². The van der Waals surface area contributed by atoms with E-state index < -0.39 is 16.1 Å². The molecule has 0 bridgehead atoms. The van der Waals surface area contributed by atoms with E-state index in [0.717, 1.165) is 16.7 Å². The van der Waals surface area contributed by atoms with E-state index in [4.69, 9.17) is 0 Å². The highest BCUT2D eigenvalue weighted by atomic mass is 32.2. The lowest BCUT2D eigenvalue weighted by Crippen LogP contribution is -2.14. The van der Waals surface area contributed by atoms with Crippen LogP contribution >= 0.6 is 23.5 Å². The van der Waals surface area contributed by atoms with Gasteiger partial charge in [0.15, 0.2) is 0 Å². The largest absolute Gasteiger partial charge is 0.464 e. The summed E-state index contributed by atoms with van der Waals surface area (Å²) in [5.74, 6) is -0.790. The SMILES string of the molecule is COC(=O)/C(=N/OS(=O)(=O)c1ccc(SC)cc1)Sc1ccccc1. The molecule has 0 N–H and O–H groups in total. The zero-order valence-corrected chi connectivity index (χ0v) is 15.9. The van der Waals surface area contributed by atoms with E-state index in [1.807, 2.05) is 12.3 Å². The van der Waals surface area contributed by atoms with Gasteiger partial charge in [-0.3, -0.25) is 4.28 Å². The van der Waals surface area contributed by atoms with Gasteiger partial charge in [-0.25, -0.2) is 4.79 Å². The molecule has 0 fully saturated rings. The van der Waals surface area contributed by atoms with E-state index in [2.05, 4.69) is 14.2 Å².